The first-order chi connectivity index (χ1) is 6.06. The molecule has 0 bridgehead atoms. The van der Waals surface area contributed by atoms with Crippen molar-refractivity contribution in [3.63, 3.8) is 0 Å². The van der Waals surface area contributed by atoms with E-state index in [9.17, 15) is 9.59 Å². The molecule has 0 saturated heterocycles. The van der Waals surface area contributed by atoms with Crippen LogP contribution in [0.4, 0.5) is 0 Å². The van der Waals surface area contributed by atoms with Gasteiger partial charge in [-0.05, 0) is 19.8 Å². The van der Waals surface area contributed by atoms with Gasteiger partial charge in [0.1, 0.15) is 0 Å². The molecule has 0 saturated carbocycles. The molecule has 0 aromatic rings. The van der Waals surface area contributed by atoms with Crippen LogP contribution in [0.5, 0.6) is 0 Å². The number of hydrogen-bond acceptors (Lipinski definition) is 3. The van der Waals surface area contributed by atoms with Crippen molar-refractivity contribution in [2.75, 3.05) is 0 Å². The molecule has 2 amide bonds. The molecule has 0 radical (unpaired) electrons. The molecule has 1 unspecified atom stereocenters. The minimum absolute atomic E-state index is 0.0896. The average Bonchev–Trinajstić information content (AvgIpc) is 2.26. The molecule has 3 N–H and O–H groups in total. The predicted molar refractivity (Wildman–Crippen MR) is 48.7 cm³/mol. The summed E-state index contributed by atoms with van der Waals surface area (Å²) in [6.45, 7) is 3.67. The zero-order valence-electron chi connectivity index (χ0n) is 7.89. The Morgan fingerprint density at radius 2 is 1.85 bits per heavy atom. The minimum atomic E-state index is -0.279. The number of rotatable bonds is 3. The Hall–Kier alpha value is -1.16. The highest BCUT2D eigenvalue weighted by Crippen LogP contribution is 2.19. The second kappa shape index (κ2) is 3.70. The van der Waals surface area contributed by atoms with Crippen molar-refractivity contribution in [2.45, 2.75) is 32.7 Å². The molecule has 1 heterocycles. The molecule has 0 aromatic carbocycles. The molecule has 1 atom stereocenters. The molecule has 13 heavy (non-hydrogen) atoms. The van der Waals surface area contributed by atoms with E-state index in [1.165, 1.54) is 0 Å². The fraction of sp³-hybridized carbons (Fsp3) is 0.556. The number of nitrogens with one attached hydrogen (secondary N) is 1. The van der Waals surface area contributed by atoms with Crippen LogP contribution in [0.15, 0.2) is 11.1 Å². The summed E-state index contributed by atoms with van der Waals surface area (Å²) in [5, 5.41) is 2.27. The Morgan fingerprint density at radius 3 is 2.31 bits per heavy atom. The molecule has 1 aliphatic heterocycles. The summed E-state index contributed by atoms with van der Waals surface area (Å²) < 4.78 is 0. The molecule has 4 heteroatoms. The summed E-state index contributed by atoms with van der Waals surface area (Å²) in [6, 6.07) is -0.0896. The fourth-order valence-electron chi connectivity index (χ4n) is 1.44. The second-order valence-corrected chi connectivity index (χ2v) is 3.28. The van der Waals surface area contributed by atoms with E-state index in [0.717, 1.165) is 0 Å². The van der Waals surface area contributed by atoms with E-state index in [2.05, 4.69) is 5.32 Å². The number of carbonyl (C=O) groups excluding carboxylic acids is 2. The van der Waals surface area contributed by atoms with Gasteiger partial charge in [-0.25, -0.2) is 0 Å². The quantitative estimate of drug-likeness (QED) is 0.607. The van der Waals surface area contributed by atoms with Crippen LogP contribution < -0.4 is 11.1 Å². The topological polar surface area (TPSA) is 72.2 Å². The molecule has 72 valence electrons. The number of imide groups is 1. The van der Waals surface area contributed by atoms with Crippen LogP contribution in [0.3, 0.4) is 0 Å². The predicted octanol–water partition coefficient (Wildman–Crippen LogP) is 0.0867. The maximum Gasteiger partial charge on any atom is 0.254 e. The molecule has 0 fully saturated rings. The zero-order chi connectivity index (χ0) is 10.0. The summed E-state index contributed by atoms with van der Waals surface area (Å²) >= 11 is 0. The first-order valence-electron chi connectivity index (χ1n) is 4.39. The van der Waals surface area contributed by atoms with Crippen molar-refractivity contribution < 1.29 is 9.59 Å². The first-order valence-corrected chi connectivity index (χ1v) is 4.39. The average molecular weight is 182 g/mol. The van der Waals surface area contributed by atoms with Gasteiger partial charge in [0, 0.05) is 17.2 Å². The van der Waals surface area contributed by atoms with Crippen LogP contribution in [0.25, 0.3) is 0 Å². The van der Waals surface area contributed by atoms with Crippen LogP contribution in [0, 0.1) is 0 Å². The smallest absolute Gasteiger partial charge is 0.254 e. The lowest BCUT2D eigenvalue weighted by Gasteiger charge is -2.04. The van der Waals surface area contributed by atoms with Gasteiger partial charge in [-0.1, -0.05) is 6.92 Å². The summed E-state index contributed by atoms with van der Waals surface area (Å²) in [5.74, 6) is -0.540. The van der Waals surface area contributed by atoms with E-state index in [4.69, 9.17) is 5.73 Å². The third-order valence-electron chi connectivity index (χ3n) is 2.02. The summed E-state index contributed by atoms with van der Waals surface area (Å²) in [6.07, 6.45) is 1.06. The minimum Gasteiger partial charge on any atom is -0.328 e. The summed E-state index contributed by atoms with van der Waals surface area (Å²) in [4.78, 5) is 22.4. The maximum absolute atomic E-state index is 11.2. The monoisotopic (exact) mass is 182 g/mol. The lowest BCUT2D eigenvalue weighted by molar-refractivity contribution is -0.124. The Morgan fingerprint density at radius 1 is 1.31 bits per heavy atom. The first kappa shape index (κ1) is 9.92. The number of nitrogens with two attached hydrogens (primary N) is 1. The van der Waals surface area contributed by atoms with E-state index in [1.807, 2.05) is 13.8 Å². The molecular weight excluding hydrogens is 168 g/mol. The largest absolute Gasteiger partial charge is 0.328 e. The Bertz CT molecular complexity index is 279. The number of amides is 2. The van der Waals surface area contributed by atoms with Crippen LogP contribution in [0.2, 0.25) is 0 Å². The number of carbonyl (C=O) groups is 2. The van der Waals surface area contributed by atoms with Crippen LogP contribution in [-0.2, 0) is 9.59 Å². The molecule has 1 rings (SSSR count). The van der Waals surface area contributed by atoms with Crippen LogP contribution in [0.1, 0.15) is 26.7 Å². The van der Waals surface area contributed by atoms with Gasteiger partial charge in [-0.3, -0.25) is 14.9 Å². The lowest BCUT2D eigenvalue weighted by atomic mass is 10.0. The van der Waals surface area contributed by atoms with E-state index >= 15 is 0 Å². The SMILES string of the molecule is CCC1=C(CC(C)N)C(=O)NC1=O. The summed E-state index contributed by atoms with van der Waals surface area (Å²) in [7, 11) is 0. The van der Waals surface area contributed by atoms with Gasteiger partial charge in [0.2, 0.25) is 0 Å². The highest BCUT2D eigenvalue weighted by molar-refractivity contribution is 6.19. The van der Waals surface area contributed by atoms with Crippen molar-refractivity contribution in [2.24, 2.45) is 5.73 Å². The zero-order valence-corrected chi connectivity index (χ0v) is 7.89. The van der Waals surface area contributed by atoms with Crippen LogP contribution >= 0.6 is 0 Å². The van der Waals surface area contributed by atoms with Crippen LogP contribution in [-0.4, -0.2) is 17.9 Å². The Labute approximate surface area is 77.2 Å². The normalized spacial score (nSPS) is 19.3. The third-order valence-corrected chi connectivity index (χ3v) is 2.02. The van der Waals surface area contributed by atoms with E-state index in [-0.39, 0.29) is 17.9 Å². The third kappa shape index (κ3) is 1.95. The van der Waals surface area contributed by atoms with Crippen molar-refractivity contribution >= 4 is 11.8 Å². The van der Waals surface area contributed by atoms with E-state index < -0.39 is 0 Å². The molecular formula is C9H14N2O2. The molecule has 0 aliphatic carbocycles. The molecule has 1 aliphatic rings. The van der Waals surface area contributed by atoms with Crippen molar-refractivity contribution in [1.29, 1.82) is 0 Å². The molecule has 4 nitrogen and oxygen atoms in total. The maximum atomic E-state index is 11.2. The van der Waals surface area contributed by atoms with Gasteiger partial charge in [-0.2, -0.15) is 0 Å². The highest BCUT2D eigenvalue weighted by atomic mass is 16.2. The van der Waals surface area contributed by atoms with E-state index in [1.54, 1.807) is 0 Å². The molecule has 0 aromatic heterocycles. The van der Waals surface area contributed by atoms with E-state index in [0.29, 0.717) is 24.0 Å². The Balaban J connectivity index is 2.92. The number of hydrogen-bond donors (Lipinski definition) is 2. The van der Waals surface area contributed by atoms with Gasteiger partial charge >= 0.3 is 0 Å². The van der Waals surface area contributed by atoms with Gasteiger partial charge in [0.05, 0.1) is 0 Å². The molecule has 0 spiro atoms. The van der Waals surface area contributed by atoms with Crippen molar-refractivity contribution in [1.82, 2.24) is 5.32 Å². The van der Waals surface area contributed by atoms with Crippen molar-refractivity contribution in [3.05, 3.63) is 11.1 Å². The Kier molecular flexibility index (Phi) is 2.83. The van der Waals surface area contributed by atoms with Gasteiger partial charge < -0.3 is 5.73 Å². The second-order valence-electron chi connectivity index (χ2n) is 3.28. The fourth-order valence-corrected chi connectivity index (χ4v) is 1.44. The van der Waals surface area contributed by atoms with Gasteiger partial charge in [-0.15, -0.1) is 0 Å². The standard InChI is InChI=1S/C9H14N2O2/c1-3-6-7(4-5(2)10)9(13)11-8(6)12/h5H,3-4,10H2,1-2H3,(H,11,12,13). The highest BCUT2D eigenvalue weighted by Gasteiger charge is 2.28. The van der Waals surface area contributed by atoms with Gasteiger partial charge in [0.15, 0.2) is 0 Å². The lowest BCUT2D eigenvalue weighted by Crippen LogP contribution is -2.24. The van der Waals surface area contributed by atoms with Gasteiger partial charge in [0.25, 0.3) is 11.8 Å². The van der Waals surface area contributed by atoms with Crippen molar-refractivity contribution in [3.8, 4) is 0 Å². The summed E-state index contributed by atoms with van der Waals surface area (Å²) in [5.41, 5.74) is 6.71.